The number of aliphatic carboxylic acids is 1. The van der Waals surface area contributed by atoms with E-state index in [4.69, 9.17) is 10.3 Å². The summed E-state index contributed by atoms with van der Waals surface area (Å²) < 4.78 is 0. The summed E-state index contributed by atoms with van der Waals surface area (Å²) in [7, 11) is 0. The molecule has 0 heterocycles. The highest BCUT2D eigenvalue weighted by Gasteiger charge is 2.24. The second kappa shape index (κ2) is 3.65. The summed E-state index contributed by atoms with van der Waals surface area (Å²) in [5.74, 6) is -1.30. The van der Waals surface area contributed by atoms with Gasteiger partial charge in [0, 0.05) is 6.42 Å². The molecule has 2 N–H and O–H groups in total. The predicted octanol–water partition coefficient (Wildman–Crippen LogP) is 0.201. The molecule has 0 amide bonds. The number of carboxylic acid groups (broad SMARTS) is 1. The molecule has 0 saturated carbocycles. The van der Waals surface area contributed by atoms with Gasteiger partial charge in [-0.3, -0.25) is 0 Å². The quantitative estimate of drug-likeness (QED) is 0.339. The highest BCUT2D eigenvalue weighted by molar-refractivity contribution is 5.71. The Morgan fingerprint density at radius 3 is 2.50 bits per heavy atom. The van der Waals surface area contributed by atoms with Crippen molar-refractivity contribution in [2.75, 3.05) is 0 Å². The molecule has 6 nitrogen and oxygen atoms in total. The lowest BCUT2D eigenvalue weighted by molar-refractivity contribution is -0.580. The van der Waals surface area contributed by atoms with Crippen molar-refractivity contribution in [2.45, 2.75) is 19.4 Å². The summed E-state index contributed by atoms with van der Waals surface area (Å²) in [4.78, 5) is 9.87. The number of nitrogens with zero attached hydrogens (tertiary/aromatic N) is 2. The molecule has 10 heavy (non-hydrogen) atoms. The number of rotatable bonds is 3. The Morgan fingerprint density at radius 1 is 1.90 bits per heavy atom. The second-order valence-electron chi connectivity index (χ2n) is 1.65. The zero-order valence-corrected chi connectivity index (χ0v) is 5.39. The average Bonchev–Trinajstić information content (AvgIpc) is 1.88. The zero-order chi connectivity index (χ0) is 8.15. The molecule has 0 radical (unpaired) electrons. The Bertz CT molecular complexity index is 155. The van der Waals surface area contributed by atoms with Crippen LogP contribution in [0.2, 0.25) is 0 Å². The fourth-order valence-corrected chi connectivity index (χ4v) is 0.488. The largest absolute Gasteiger partial charge is 0.597 e. The van der Waals surface area contributed by atoms with Crippen molar-refractivity contribution in [1.82, 2.24) is 0 Å². The van der Waals surface area contributed by atoms with Crippen molar-refractivity contribution in [3.63, 3.8) is 0 Å². The van der Waals surface area contributed by atoms with Crippen molar-refractivity contribution in [3.05, 3.63) is 5.21 Å². The topological polar surface area (TPSA) is 96.0 Å². The normalized spacial score (nSPS) is 14.7. The van der Waals surface area contributed by atoms with Crippen LogP contribution >= 0.6 is 0 Å². The van der Waals surface area contributed by atoms with Crippen molar-refractivity contribution >= 4 is 5.97 Å². The Morgan fingerprint density at radius 2 is 2.40 bits per heavy atom. The lowest BCUT2D eigenvalue weighted by atomic mass is 10.2. The van der Waals surface area contributed by atoms with E-state index in [0.29, 0.717) is 0 Å². The molecule has 1 atom stereocenters. The molecular weight excluding hydrogens is 140 g/mol. The molecule has 0 aliphatic rings. The summed E-state index contributed by atoms with van der Waals surface area (Å²) in [6.45, 7) is 1.51. The van der Waals surface area contributed by atoms with Gasteiger partial charge in [0.05, 0.1) is 0 Å². The summed E-state index contributed by atoms with van der Waals surface area (Å²) in [6, 6.07) is -1.29. The van der Waals surface area contributed by atoms with Crippen LogP contribution in [0.4, 0.5) is 0 Å². The number of carboxylic acids is 1. The van der Waals surface area contributed by atoms with Crippen molar-refractivity contribution in [3.8, 4) is 0 Å². The van der Waals surface area contributed by atoms with Crippen LogP contribution in [0.1, 0.15) is 13.3 Å². The molecular formula is C4H8N2O4. The zero-order valence-electron chi connectivity index (χ0n) is 5.39. The summed E-state index contributed by atoms with van der Waals surface area (Å²) in [5.41, 5.74) is 0. The smallest absolute Gasteiger partial charge is 0.377 e. The number of hydrogen-bond acceptors (Lipinski definition) is 3. The van der Waals surface area contributed by atoms with E-state index in [1.165, 1.54) is 6.92 Å². The molecule has 58 valence electrons. The minimum absolute atomic E-state index is 0.100. The van der Waals surface area contributed by atoms with Crippen molar-refractivity contribution in [2.24, 2.45) is 5.28 Å². The van der Waals surface area contributed by atoms with Gasteiger partial charge in [-0.15, -0.1) is 0 Å². The lowest BCUT2D eigenvalue weighted by Crippen LogP contribution is -2.28. The van der Waals surface area contributed by atoms with Crippen LogP contribution in [0, 0.1) is 5.21 Å². The predicted molar refractivity (Wildman–Crippen MR) is 29.6 cm³/mol. The number of hydroxylamine groups is 1. The van der Waals surface area contributed by atoms with Crippen LogP contribution in [0.5, 0.6) is 0 Å². The molecule has 0 spiro atoms. The first-order chi connectivity index (χ1) is 4.63. The molecule has 0 aromatic heterocycles. The lowest BCUT2D eigenvalue weighted by Gasteiger charge is -2.03. The Balaban J connectivity index is 4.21. The molecule has 0 saturated heterocycles. The average molecular weight is 148 g/mol. The highest BCUT2D eigenvalue weighted by atomic mass is 16.6. The van der Waals surface area contributed by atoms with Gasteiger partial charge in [-0.05, 0) is 4.86 Å². The van der Waals surface area contributed by atoms with E-state index in [1.807, 2.05) is 0 Å². The summed E-state index contributed by atoms with van der Waals surface area (Å²) in [6.07, 6.45) is 0.100. The van der Waals surface area contributed by atoms with Gasteiger partial charge in [0.1, 0.15) is 0 Å². The van der Waals surface area contributed by atoms with Crippen LogP contribution in [0.25, 0.3) is 0 Å². The Labute approximate surface area is 56.9 Å². The number of carbonyl (C=O) groups is 1. The molecule has 0 aliphatic carbocycles. The third-order valence-corrected chi connectivity index (χ3v) is 1.03. The second-order valence-corrected chi connectivity index (χ2v) is 1.65. The van der Waals surface area contributed by atoms with E-state index >= 15 is 0 Å². The van der Waals surface area contributed by atoms with Gasteiger partial charge in [0.15, 0.2) is 5.28 Å². The molecule has 0 aromatic rings. The maximum absolute atomic E-state index is 10.3. The molecule has 6 heteroatoms. The first-order valence-electron chi connectivity index (χ1n) is 2.67. The molecule has 0 rings (SSSR count). The maximum Gasteiger partial charge on any atom is 0.377 e. The standard InChI is InChI=1S/C4H8N2O4/c1-2-3(4(7)8)6(10)5-9/h3,9H,2H2,1H3,(H,7,8). The molecule has 0 aromatic carbocycles. The van der Waals surface area contributed by atoms with E-state index in [2.05, 4.69) is 5.28 Å². The fourth-order valence-electron chi connectivity index (χ4n) is 0.488. The van der Waals surface area contributed by atoms with E-state index < -0.39 is 12.0 Å². The monoisotopic (exact) mass is 148 g/mol. The van der Waals surface area contributed by atoms with Crippen LogP contribution in [-0.4, -0.2) is 27.2 Å². The van der Waals surface area contributed by atoms with Crippen LogP contribution in [0.15, 0.2) is 5.28 Å². The van der Waals surface area contributed by atoms with Crippen LogP contribution < -0.4 is 0 Å². The third kappa shape index (κ3) is 1.88. The van der Waals surface area contributed by atoms with Crippen LogP contribution in [0.3, 0.4) is 0 Å². The van der Waals surface area contributed by atoms with Gasteiger partial charge in [-0.2, -0.15) is 0 Å². The Kier molecular flexibility index (Phi) is 3.16. The molecule has 0 aliphatic heterocycles. The summed E-state index contributed by atoms with van der Waals surface area (Å²) >= 11 is 0. The SMILES string of the molecule is CCC(C(=O)O)[N+]([O-])=NO. The van der Waals surface area contributed by atoms with Gasteiger partial charge in [-0.1, -0.05) is 6.92 Å². The first kappa shape index (κ1) is 8.67. The van der Waals surface area contributed by atoms with Gasteiger partial charge >= 0.3 is 5.97 Å². The highest BCUT2D eigenvalue weighted by Crippen LogP contribution is 1.96. The van der Waals surface area contributed by atoms with Crippen molar-refractivity contribution < 1.29 is 20.0 Å². The minimum atomic E-state index is -1.30. The van der Waals surface area contributed by atoms with Crippen molar-refractivity contribution in [1.29, 1.82) is 0 Å². The van der Waals surface area contributed by atoms with Gasteiger partial charge < -0.3 is 15.5 Å². The van der Waals surface area contributed by atoms with E-state index in [0.717, 1.165) is 0 Å². The number of hydrogen-bond donors (Lipinski definition) is 2. The Hall–Kier alpha value is -1.33. The van der Waals surface area contributed by atoms with Gasteiger partial charge in [-0.25, -0.2) is 4.79 Å². The summed E-state index contributed by atoms with van der Waals surface area (Å²) in [5, 5.41) is 28.6. The molecule has 1 unspecified atom stereocenters. The minimum Gasteiger partial charge on any atom is -0.597 e. The molecule has 0 bridgehead atoms. The van der Waals surface area contributed by atoms with E-state index in [9.17, 15) is 10.0 Å². The van der Waals surface area contributed by atoms with Gasteiger partial charge in [0.2, 0.25) is 0 Å². The molecule has 0 fully saturated rings. The van der Waals surface area contributed by atoms with E-state index in [1.54, 1.807) is 0 Å². The third-order valence-electron chi connectivity index (χ3n) is 1.03. The maximum atomic E-state index is 10.3. The fraction of sp³-hybridized carbons (Fsp3) is 0.750. The van der Waals surface area contributed by atoms with Gasteiger partial charge in [0.25, 0.3) is 6.04 Å². The van der Waals surface area contributed by atoms with Crippen LogP contribution in [-0.2, 0) is 4.79 Å². The first-order valence-corrected chi connectivity index (χ1v) is 2.67. The van der Waals surface area contributed by atoms with E-state index in [-0.39, 0.29) is 11.3 Å².